The molecule has 92 valence electrons. The van der Waals surface area contributed by atoms with Gasteiger partial charge < -0.3 is 11.1 Å². The van der Waals surface area contributed by atoms with Crippen molar-refractivity contribution in [1.82, 2.24) is 25.3 Å². The number of hydrogen-bond acceptors (Lipinski definition) is 6. The second-order valence-electron chi connectivity index (χ2n) is 4.41. The monoisotopic (exact) mass is 242 g/mol. The Bertz CT molecular complexity index is 561. The first-order chi connectivity index (χ1) is 8.72. The zero-order valence-electron chi connectivity index (χ0n) is 10.1. The molecule has 18 heavy (non-hydrogen) atoms. The molecule has 0 bridgehead atoms. The lowest BCUT2D eigenvalue weighted by atomic mass is 9.98. The van der Waals surface area contributed by atoms with E-state index in [1.807, 2.05) is 13.0 Å². The van der Waals surface area contributed by atoms with Gasteiger partial charge in [0.15, 0.2) is 0 Å². The zero-order valence-corrected chi connectivity index (χ0v) is 10.1. The van der Waals surface area contributed by atoms with Crippen LogP contribution >= 0.6 is 0 Å². The Hall–Kier alpha value is -2.08. The average molecular weight is 242 g/mol. The first-order valence-corrected chi connectivity index (χ1v) is 5.86. The van der Waals surface area contributed by atoms with Crippen molar-refractivity contribution in [1.29, 1.82) is 0 Å². The van der Waals surface area contributed by atoms with E-state index in [4.69, 9.17) is 5.73 Å². The van der Waals surface area contributed by atoms with Crippen LogP contribution in [0.4, 0.5) is 5.95 Å². The van der Waals surface area contributed by atoms with E-state index in [2.05, 4.69) is 25.3 Å². The Morgan fingerprint density at radius 3 is 2.56 bits per heavy atom. The Kier molecular flexibility index (Phi) is 2.64. The Morgan fingerprint density at radius 2 is 1.94 bits per heavy atom. The van der Waals surface area contributed by atoms with Gasteiger partial charge in [0, 0.05) is 37.0 Å². The van der Waals surface area contributed by atoms with Crippen molar-refractivity contribution in [3.63, 3.8) is 0 Å². The molecular weight excluding hydrogens is 228 g/mol. The molecule has 2 aromatic heterocycles. The highest BCUT2D eigenvalue weighted by atomic mass is 15.0. The molecule has 0 atom stereocenters. The molecule has 0 aromatic carbocycles. The van der Waals surface area contributed by atoms with Crippen LogP contribution in [0.5, 0.6) is 0 Å². The van der Waals surface area contributed by atoms with Gasteiger partial charge in [0.1, 0.15) is 5.82 Å². The van der Waals surface area contributed by atoms with Crippen molar-refractivity contribution < 1.29 is 0 Å². The highest BCUT2D eigenvalue weighted by Gasteiger charge is 2.21. The molecule has 6 nitrogen and oxygen atoms in total. The van der Waals surface area contributed by atoms with Gasteiger partial charge in [-0.05, 0) is 13.0 Å². The third-order valence-corrected chi connectivity index (χ3v) is 3.03. The predicted octanol–water partition coefficient (Wildman–Crippen LogP) is 0.511. The molecule has 6 heteroatoms. The van der Waals surface area contributed by atoms with E-state index < -0.39 is 0 Å². The summed E-state index contributed by atoms with van der Waals surface area (Å²) in [5, 5.41) is 3.24. The minimum absolute atomic E-state index is 0.271. The second kappa shape index (κ2) is 4.30. The molecule has 1 aliphatic heterocycles. The van der Waals surface area contributed by atoms with Crippen LogP contribution in [0.15, 0.2) is 18.5 Å². The van der Waals surface area contributed by atoms with Crippen LogP contribution in [0.2, 0.25) is 0 Å². The lowest BCUT2D eigenvalue weighted by Gasteiger charge is -2.26. The van der Waals surface area contributed by atoms with E-state index in [9.17, 15) is 0 Å². The summed E-state index contributed by atoms with van der Waals surface area (Å²) in [6, 6.07) is 2.01. The van der Waals surface area contributed by atoms with Crippen LogP contribution in [0, 0.1) is 6.92 Å². The molecule has 1 fully saturated rings. The normalized spacial score (nSPS) is 15.4. The second-order valence-corrected chi connectivity index (χ2v) is 4.41. The fourth-order valence-corrected chi connectivity index (χ4v) is 1.92. The van der Waals surface area contributed by atoms with Gasteiger partial charge in [0.25, 0.3) is 0 Å². The van der Waals surface area contributed by atoms with Gasteiger partial charge in [-0.15, -0.1) is 0 Å². The summed E-state index contributed by atoms with van der Waals surface area (Å²) in [5.41, 5.74) is 8.27. The van der Waals surface area contributed by atoms with E-state index in [0.717, 1.165) is 35.9 Å². The summed E-state index contributed by atoms with van der Waals surface area (Å²) < 4.78 is 0. The standard InChI is InChI=1S/C12H14N6/c1-7-17-10(8-3-14-4-8)2-11(18-7)9-5-15-12(13)16-6-9/h2,5-6,8,14H,3-4H2,1H3,(H2,13,15,16). The molecule has 0 aliphatic carbocycles. The zero-order chi connectivity index (χ0) is 12.5. The third-order valence-electron chi connectivity index (χ3n) is 3.03. The molecule has 2 aromatic rings. The van der Waals surface area contributed by atoms with Crippen LogP contribution in [0.3, 0.4) is 0 Å². The van der Waals surface area contributed by atoms with Crippen LogP contribution in [-0.2, 0) is 0 Å². The summed E-state index contributed by atoms with van der Waals surface area (Å²) in [6.45, 7) is 3.86. The Morgan fingerprint density at radius 1 is 1.22 bits per heavy atom. The van der Waals surface area contributed by atoms with Gasteiger partial charge in [-0.1, -0.05) is 0 Å². The minimum Gasteiger partial charge on any atom is -0.368 e. The van der Waals surface area contributed by atoms with Gasteiger partial charge in [-0.25, -0.2) is 19.9 Å². The van der Waals surface area contributed by atoms with Crippen molar-refractivity contribution >= 4 is 5.95 Å². The molecule has 1 saturated heterocycles. The molecule has 3 heterocycles. The number of aryl methyl sites for hydroxylation is 1. The van der Waals surface area contributed by atoms with Crippen molar-refractivity contribution in [2.24, 2.45) is 0 Å². The van der Waals surface area contributed by atoms with Crippen molar-refractivity contribution in [3.05, 3.63) is 30.0 Å². The summed E-state index contributed by atoms with van der Waals surface area (Å²) in [7, 11) is 0. The molecule has 0 amide bonds. The summed E-state index contributed by atoms with van der Waals surface area (Å²) in [4.78, 5) is 16.9. The fourth-order valence-electron chi connectivity index (χ4n) is 1.92. The first kappa shape index (κ1) is 11.0. The van der Waals surface area contributed by atoms with Crippen LogP contribution in [-0.4, -0.2) is 33.0 Å². The quantitative estimate of drug-likeness (QED) is 0.797. The number of rotatable bonds is 2. The van der Waals surface area contributed by atoms with Gasteiger partial charge in [-0.2, -0.15) is 0 Å². The molecule has 0 unspecified atom stereocenters. The molecular formula is C12H14N6. The summed E-state index contributed by atoms with van der Waals surface area (Å²) >= 11 is 0. The number of nitrogens with one attached hydrogen (secondary N) is 1. The minimum atomic E-state index is 0.271. The van der Waals surface area contributed by atoms with E-state index in [-0.39, 0.29) is 5.95 Å². The third kappa shape index (κ3) is 2.02. The number of aromatic nitrogens is 4. The summed E-state index contributed by atoms with van der Waals surface area (Å²) in [5.74, 6) is 1.53. The van der Waals surface area contributed by atoms with Gasteiger partial charge in [-0.3, -0.25) is 0 Å². The molecule has 0 saturated carbocycles. The Balaban J connectivity index is 2.00. The Labute approximate surface area is 105 Å². The van der Waals surface area contributed by atoms with E-state index >= 15 is 0 Å². The van der Waals surface area contributed by atoms with Gasteiger partial charge in [0.05, 0.1) is 11.4 Å². The van der Waals surface area contributed by atoms with Crippen molar-refractivity contribution in [3.8, 4) is 11.3 Å². The number of nitrogen functional groups attached to an aromatic ring is 1. The largest absolute Gasteiger partial charge is 0.368 e. The average Bonchev–Trinajstić information content (AvgIpc) is 2.26. The number of nitrogens with two attached hydrogens (primary N) is 1. The van der Waals surface area contributed by atoms with Crippen molar-refractivity contribution in [2.45, 2.75) is 12.8 Å². The maximum absolute atomic E-state index is 5.48. The van der Waals surface area contributed by atoms with E-state index in [1.165, 1.54) is 0 Å². The fraction of sp³-hybridized carbons (Fsp3) is 0.333. The smallest absolute Gasteiger partial charge is 0.219 e. The van der Waals surface area contributed by atoms with Crippen LogP contribution in [0.25, 0.3) is 11.3 Å². The van der Waals surface area contributed by atoms with Crippen molar-refractivity contribution in [2.75, 3.05) is 18.8 Å². The van der Waals surface area contributed by atoms with E-state index in [0.29, 0.717) is 5.92 Å². The first-order valence-electron chi connectivity index (χ1n) is 5.86. The predicted molar refractivity (Wildman–Crippen MR) is 67.8 cm³/mol. The van der Waals surface area contributed by atoms with Crippen LogP contribution < -0.4 is 11.1 Å². The molecule has 3 rings (SSSR count). The highest BCUT2D eigenvalue weighted by Crippen LogP contribution is 2.23. The van der Waals surface area contributed by atoms with Crippen LogP contribution in [0.1, 0.15) is 17.4 Å². The number of nitrogens with zero attached hydrogens (tertiary/aromatic N) is 4. The lowest BCUT2D eigenvalue weighted by molar-refractivity contribution is 0.438. The molecule has 3 N–H and O–H groups in total. The maximum atomic E-state index is 5.48. The number of hydrogen-bond donors (Lipinski definition) is 2. The van der Waals surface area contributed by atoms with E-state index in [1.54, 1.807) is 12.4 Å². The summed E-state index contributed by atoms with van der Waals surface area (Å²) in [6.07, 6.45) is 3.37. The SMILES string of the molecule is Cc1nc(-c2cnc(N)nc2)cc(C2CNC2)n1. The van der Waals surface area contributed by atoms with Gasteiger partial charge in [0.2, 0.25) is 5.95 Å². The number of anilines is 1. The maximum Gasteiger partial charge on any atom is 0.219 e. The molecule has 0 spiro atoms. The molecule has 0 radical (unpaired) electrons. The topological polar surface area (TPSA) is 89.6 Å². The highest BCUT2D eigenvalue weighted by molar-refractivity contribution is 5.57. The van der Waals surface area contributed by atoms with Gasteiger partial charge >= 0.3 is 0 Å². The molecule has 1 aliphatic rings. The lowest BCUT2D eigenvalue weighted by Crippen LogP contribution is -2.40.